The number of carbonyl (C=O) groups excluding carboxylic acids is 1. The molecule has 0 spiro atoms. The van der Waals surface area contributed by atoms with E-state index < -0.39 is 0 Å². The number of amides is 1. The van der Waals surface area contributed by atoms with Crippen molar-refractivity contribution >= 4 is 28.3 Å². The fourth-order valence-electron chi connectivity index (χ4n) is 3.99. The lowest BCUT2D eigenvalue weighted by Crippen LogP contribution is -2.50. The van der Waals surface area contributed by atoms with Gasteiger partial charge in [0.1, 0.15) is 12.1 Å². The van der Waals surface area contributed by atoms with Gasteiger partial charge < -0.3 is 15.1 Å². The summed E-state index contributed by atoms with van der Waals surface area (Å²) < 4.78 is 0. The van der Waals surface area contributed by atoms with Crippen LogP contribution < -0.4 is 5.32 Å². The second kappa shape index (κ2) is 10.4. The molecule has 0 unspecified atom stereocenters. The van der Waals surface area contributed by atoms with Crippen molar-refractivity contribution in [2.75, 3.05) is 58.7 Å². The number of fused-ring (bicyclic) bond motifs is 1. The molecule has 2 aromatic carbocycles. The van der Waals surface area contributed by atoms with Crippen LogP contribution in [0.15, 0.2) is 48.8 Å². The molecule has 170 valence electrons. The number of likely N-dealkylation sites (N-methyl/N-ethyl adjacent to an activating group) is 1. The maximum absolute atomic E-state index is 13.0. The molecule has 7 nitrogen and oxygen atoms in total. The molecule has 7 heteroatoms. The molecule has 1 aliphatic rings. The van der Waals surface area contributed by atoms with Gasteiger partial charge in [-0.1, -0.05) is 18.1 Å². The van der Waals surface area contributed by atoms with E-state index in [0.717, 1.165) is 67.0 Å². The predicted octanol–water partition coefficient (Wildman–Crippen LogP) is 2.60. The molecule has 0 bridgehead atoms. The van der Waals surface area contributed by atoms with Crippen molar-refractivity contribution in [3.05, 3.63) is 59.9 Å². The molecular formula is C26H30N6O. The summed E-state index contributed by atoms with van der Waals surface area (Å²) in [4.78, 5) is 28.3. The Labute approximate surface area is 195 Å². The van der Waals surface area contributed by atoms with E-state index in [1.165, 1.54) is 6.33 Å². The van der Waals surface area contributed by atoms with Crippen LogP contribution in [0.4, 0.5) is 11.5 Å². The number of benzene rings is 2. The summed E-state index contributed by atoms with van der Waals surface area (Å²) in [5, 5.41) is 4.22. The standard InChI is InChI=1S/C26H30N6O/c1-4-20-6-5-7-22(16-20)29-26-23-17-21(8-9-24(23)27-19-28-26)18-25(33)32-14-12-31(13-15-32)11-10-30(2)3/h1,5-9,16-17,19H,10-15,18H2,2-3H3,(H,27,28,29). The first-order chi connectivity index (χ1) is 16.0. The van der Waals surface area contributed by atoms with E-state index in [0.29, 0.717) is 12.2 Å². The van der Waals surface area contributed by atoms with Gasteiger partial charge in [0, 0.05) is 55.9 Å². The van der Waals surface area contributed by atoms with Crippen molar-refractivity contribution in [1.29, 1.82) is 0 Å². The Bertz CT molecular complexity index is 1160. The van der Waals surface area contributed by atoms with Gasteiger partial charge in [0.15, 0.2) is 0 Å². The van der Waals surface area contributed by atoms with E-state index in [1.807, 2.05) is 47.4 Å². The monoisotopic (exact) mass is 442 g/mol. The quantitative estimate of drug-likeness (QED) is 0.568. The highest BCUT2D eigenvalue weighted by atomic mass is 16.2. The molecule has 33 heavy (non-hydrogen) atoms. The van der Waals surface area contributed by atoms with Gasteiger partial charge in [-0.3, -0.25) is 9.69 Å². The fourth-order valence-corrected chi connectivity index (χ4v) is 3.99. The predicted molar refractivity (Wildman–Crippen MR) is 132 cm³/mol. The molecule has 2 heterocycles. The van der Waals surface area contributed by atoms with E-state index in [-0.39, 0.29) is 5.91 Å². The van der Waals surface area contributed by atoms with Gasteiger partial charge in [-0.05, 0) is 50.0 Å². The highest BCUT2D eigenvalue weighted by molar-refractivity contribution is 5.92. The van der Waals surface area contributed by atoms with Crippen LogP contribution in [-0.2, 0) is 11.2 Å². The molecule has 0 radical (unpaired) electrons. The molecule has 1 aliphatic heterocycles. The van der Waals surface area contributed by atoms with Crippen LogP contribution >= 0.6 is 0 Å². The molecule has 1 saturated heterocycles. The molecular weight excluding hydrogens is 412 g/mol. The number of hydrogen-bond donors (Lipinski definition) is 1. The van der Waals surface area contributed by atoms with Gasteiger partial charge in [-0.2, -0.15) is 0 Å². The molecule has 0 aliphatic carbocycles. The van der Waals surface area contributed by atoms with Crippen LogP contribution in [0.3, 0.4) is 0 Å². The normalized spacial score (nSPS) is 14.4. The van der Waals surface area contributed by atoms with Gasteiger partial charge in [0.25, 0.3) is 0 Å². The zero-order valence-electron chi connectivity index (χ0n) is 19.3. The molecule has 1 amide bonds. The average Bonchev–Trinajstić information content (AvgIpc) is 2.83. The number of anilines is 2. The summed E-state index contributed by atoms with van der Waals surface area (Å²) in [6.45, 7) is 5.49. The van der Waals surface area contributed by atoms with E-state index in [4.69, 9.17) is 6.42 Å². The summed E-state index contributed by atoms with van der Waals surface area (Å²) in [5.74, 6) is 3.50. The third-order valence-corrected chi connectivity index (χ3v) is 5.94. The van der Waals surface area contributed by atoms with E-state index in [2.05, 4.69) is 45.1 Å². The largest absolute Gasteiger partial charge is 0.340 e. The van der Waals surface area contributed by atoms with Crippen molar-refractivity contribution in [3.63, 3.8) is 0 Å². The number of nitrogens with one attached hydrogen (secondary N) is 1. The first kappa shape index (κ1) is 22.7. The zero-order valence-corrected chi connectivity index (χ0v) is 19.3. The maximum atomic E-state index is 13.0. The fraction of sp³-hybridized carbons (Fsp3) is 0.346. The lowest BCUT2D eigenvalue weighted by Gasteiger charge is -2.35. The lowest BCUT2D eigenvalue weighted by atomic mass is 10.1. The highest BCUT2D eigenvalue weighted by Gasteiger charge is 2.21. The van der Waals surface area contributed by atoms with Crippen LogP contribution in [0.2, 0.25) is 0 Å². The molecule has 0 saturated carbocycles. The second-order valence-corrected chi connectivity index (χ2v) is 8.63. The van der Waals surface area contributed by atoms with Crippen LogP contribution in [0.25, 0.3) is 10.9 Å². The minimum atomic E-state index is 0.162. The van der Waals surface area contributed by atoms with Gasteiger partial charge >= 0.3 is 0 Å². The molecule has 0 atom stereocenters. The first-order valence-electron chi connectivity index (χ1n) is 11.2. The summed E-state index contributed by atoms with van der Waals surface area (Å²) in [6.07, 6.45) is 7.43. The van der Waals surface area contributed by atoms with Crippen molar-refractivity contribution in [1.82, 2.24) is 24.7 Å². The minimum absolute atomic E-state index is 0.162. The summed E-state index contributed by atoms with van der Waals surface area (Å²) in [5.41, 5.74) is 3.44. The highest BCUT2D eigenvalue weighted by Crippen LogP contribution is 2.25. The molecule has 3 aromatic rings. The Balaban J connectivity index is 1.44. The van der Waals surface area contributed by atoms with Crippen molar-refractivity contribution in [2.24, 2.45) is 0 Å². The zero-order chi connectivity index (χ0) is 23.2. The number of hydrogen-bond acceptors (Lipinski definition) is 6. The van der Waals surface area contributed by atoms with Gasteiger partial charge in [0.05, 0.1) is 11.9 Å². The topological polar surface area (TPSA) is 64.6 Å². The van der Waals surface area contributed by atoms with Crippen molar-refractivity contribution in [2.45, 2.75) is 6.42 Å². The average molecular weight is 443 g/mol. The Morgan fingerprint density at radius 1 is 1.12 bits per heavy atom. The SMILES string of the molecule is C#Cc1cccc(Nc2ncnc3ccc(CC(=O)N4CCN(CCN(C)C)CC4)cc23)c1. The second-order valence-electron chi connectivity index (χ2n) is 8.63. The summed E-state index contributed by atoms with van der Waals surface area (Å²) in [7, 11) is 4.17. The number of rotatable bonds is 7. The van der Waals surface area contributed by atoms with Crippen LogP contribution in [0.5, 0.6) is 0 Å². The van der Waals surface area contributed by atoms with Crippen LogP contribution in [0, 0.1) is 12.3 Å². The van der Waals surface area contributed by atoms with Gasteiger partial charge in [-0.25, -0.2) is 9.97 Å². The van der Waals surface area contributed by atoms with E-state index in [1.54, 1.807) is 0 Å². The molecule has 1 N–H and O–H groups in total. The van der Waals surface area contributed by atoms with Gasteiger partial charge in [-0.15, -0.1) is 6.42 Å². The maximum Gasteiger partial charge on any atom is 0.227 e. The molecule has 1 fully saturated rings. The third-order valence-electron chi connectivity index (χ3n) is 5.94. The molecule has 4 rings (SSSR count). The number of carbonyl (C=O) groups is 1. The lowest BCUT2D eigenvalue weighted by molar-refractivity contribution is -0.132. The van der Waals surface area contributed by atoms with Crippen molar-refractivity contribution in [3.8, 4) is 12.3 Å². The van der Waals surface area contributed by atoms with Crippen LogP contribution in [-0.4, -0.2) is 83.9 Å². The van der Waals surface area contributed by atoms with Crippen molar-refractivity contribution < 1.29 is 4.79 Å². The Morgan fingerprint density at radius 3 is 2.70 bits per heavy atom. The van der Waals surface area contributed by atoms with Gasteiger partial charge in [0.2, 0.25) is 5.91 Å². The summed E-state index contributed by atoms with van der Waals surface area (Å²) >= 11 is 0. The minimum Gasteiger partial charge on any atom is -0.340 e. The smallest absolute Gasteiger partial charge is 0.227 e. The number of terminal acetylenes is 1. The number of piperazine rings is 1. The Kier molecular flexibility index (Phi) is 7.18. The van der Waals surface area contributed by atoms with Crippen LogP contribution in [0.1, 0.15) is 11.1 Å². The number of nitrogens with zero attached hydrogens (tertiary/aromatic N) is 5. The Hall–Kier alpha value is -3.47. The van der Waals surface area contributed by atoms with E-state index >= 15 is 0 Å². The van der Waals surface area contributed by atoms with E-state index in [9.17, 15) is 4.79 Å². The summed E-state index contributed by atoms with van der Waals surface area (Å²) in [6, 6.07) is 13.6. The first-order valence-corrected chi connectivity index (χ1v) is 11.2. The third kappa shape index (κ3) is 5.86. The Morgan fingerprint density at radius 2 is 1.94 bits per heavy atom. The molecule has 1 aromatic heterocycles. The number of aromatic nitrogens is 2.